The number of hydrogen-bond donors (Lipinski definition) is 2. The Hall–Kier alpha value is -1.52. The van der Waals surface area contributed by atoms with Crippen LogP contribution in [0.3, 0.4) is 0 Å². The first-order chi connectivity index (χ1) is 9.67. The van der Waals surface area contributed by atoms with Gasteiger partial charge in [0.25, 0.3) is 0 Å². The first-order valence-corrected chi connectivity index (χ1v) is 7.60. The average Bonchev–Trinajstić information content (AvgIpc) is 2.36. The van der Waals surface area contributed by atoms with Gasteiger partial charge >= 0.3 is 0 Å². The van der Waals surface area contributed by atoms with E-state index in [2.05, 4.69) is 15.3 Å². The molecule has 0 amide bonds. The zero-order valence-corrected chi connectivity index (χ0v) is 11.9. The number of ether oxygens (including phenoxy) is 1. The molecule has 0 radical (unpaired) electrons. The third-order valence-electron chi connectivity index (χ3n) is 5.46. The topological polar surface area (TPSA) is 73.1 Å². The molecule has 4 bridgehead atoms. The third-order valence-corrected chi connectivity index (χ3v) is 5.46. The number of rotatable bonds is 3. The molecule has 1 heterocycles. The summed E-state index contributed by atoms with van der Waals surface area (Å²) in [6.45, 7) is 0. The van der Waals surface area contributed by atoms with Crippen molar-refractivity contribution in [1.29, 1.82) is 0 Å². The lowest BCUT2D eigenvalue weighted by molar-refractivity contribution is 0.0104. The number of nitrogens with zero attached hydrogens (tertiary/aromatic N) is 2. The normalized spacial score (nSPS) is 38.0. The van der Waals surface area contributed by atoms with Gasteiger partial charge in [-0.05, 0) is 56.3 Å². The van der Waals surface area contributed by atoms with Crippen LogP contribution in [0.25, 0.3) is 0 Å². The van der Waals surface area contributed by atoms with E-state index in [-0.39, 0.29) is 5.54 Å². The van der Waals surface area contributed by atoms with Crippen molar-refractivity contribution in [3.05, 3.63) is 6.33 Å². The van der Waals surface area contributed by atoms with Gasteiger partial charge in [0.1, 0.15) is 6.33 Å². The standard InChI is InChI=1S/C15H22N4O/c1-20-12-13(16)17-8-18-14(12)19-15-5-9-2-10(6-15)4-11(3-9)7-15/h8-11H,2-7H2,1H3,(H3,16,17,18,19). The average molecular weight is 274 g/mol. The lowest BCUT2D eigenvalue weighted by Gasteiger charge is -2.57. The van der Waals surface area contributed by atoms with E-state index in [0.717, 1.165) is 23.6 Å². The molecule has 5 heteroatoms. The summed E-state index contributed by atoms with van der Waals surface area (Å²) in [5.41, 5.74) is 6.09. The molecule has 0 atom stereocenters. The molecule has 0 aliphatic heterocycles. The van der Waals surface area contributed by atoms with Crippen LogP contribution in [-0.2, 0) is 0 Å². The fourth-order valence-electron chi connectivity index (χ4n) is 5.19. The summed E-state index contributed by atoms with van der Waals surface area (Å²) in [7, 11) is 1.62. The number of nitrogens with one attached hydrogen (secondary N) is 1. The zero-order chi connectivity index (χ0) is 13.7. The molecule has 4 aliphatic rings. The second-order valence-electron chi connectivity index (χ2n) is 6.96. The fourth-order valence-corrected chi connectivity index (χ4v) is 5.19. The molecular weight excluding hydrogens is 252 g/mol. The summed E-state index contributed by atoms with van der Waals surface area (Å²) in [6.07, 6.45) is 9.63. The number of nitrogens with two attached hydrogens (primary N) is 1. The Kier molecular flexibility index (Phi) is 2.59. The van der Waals surface area contributed by atoms with Gasteiger partial charge < -0.3 is 15.8 Å². The predicted molar refractivity (Wildman–Crippen MR) is 77.5 cm³/mol. The maximum atomic E-state index is 5.88. The highest BCUT2D eigenvalue weighted by Crippen LogP contribution is 2.56. The molecule has 5 rings (SSSR count). The van der Waals surface area contributed by atoms with Gasteiger partial charge in [0, 0.05) is 5.54 Å². The Morgan fingerprint density at radius 1 is 1.15 bits per heavy atom. The number of aromatic nitrogens is 2. The van der Waals surface area contributed by atoms with E-state index in [4.69, 9.17) is 10.5 Å². The SMILES string of the molecule is COc1c(N)ncnc1NC12CC3CC(CC(C3)C1)C2. The van der Waals surface area contributed by atoms with Crippen molar-refractivity contribution in [2.75, 3.05) is 18.2 Å². The van der Waals surface area contributed by atoms with Gasteiger partial charge in [0.15, 0.2) is 11.6 Å². The summed E-state index contributed by atoms with van der Waals surface area (Å²) < 4.78 is 5.38. The molecule has 1 aromatic rings. The summed E-state index contributed by atoms with van der Waals surface area (Å²) in [5.74, 6) is 4.47. The predicted octanol–water partition coefficient (Wildman–Crippen LogP) is 2.45. The van der Waals surface area contributed by atoms with E-state index in [1.165, 1.54) is 44.9 Å². The van der Waals surface area contributed by atoms with Crippen molar-refractivity contribution < 1.29 is 4.74 Å². The highest BCUT2D eigenvalue weighted by Gasteiger charge is 2.51. The minimum atomic E-state index is 0.211. The molecule has 4 aliphatic carbocycles. The second kappa shape index (κ2) is 4.24. The second-order valence-corrected chi connectivity index (χ2v) is 6.96. The Morgan fingerprint density at radius 3 is 2.30 bits per heavy atom. The van der Waals surface area contributed by atoms with Gasteiger partial charge in [0.05, 0.1) is 7.11 Å². The smallest absolute Gasteiger partial charge is 0.203 e. The van der Waals surface area contributed by atoms with Crippen molar-refractivity contribution >= 4 is 11.6 Å². The van der Waals surface area contributed by atoms with Crippen LogP contribution in [0.1, 0.15) is 38.5 Å². The highest BCUT2D eigenvalue weighted by molar-refractivity contribution is 5.62. The highest BCUT2D eigenvalue weighted by atomic mass is 16.5. The van der Waals surface area contributed by atoms with Crippen molar-refractivity contribution in [1.82, 2.24) is 9.97 Å². The number of methoxy groups -OCH3 is 1. The number of hydrogen-bond acceptors (Lipinski definition) is 5. The van der Waals surface area contributed by atoms with Crippen LogP contribution in [0.2, 0.25) is 0 Å². The quantitative estimate of drug-likeness (QED) is 0.885. The van der Waals surface area contributed by atoms with Crippen LogP contribution >= 0.6 is 0 Å². The molecule has 5 nitrogen and oxygen atoms in total. The van der Waals surface area contributed by atoms with Crippen LogP contribution < -0.4 is 15.8 Å². The van der Waals surface area contributed by atoms with Gasteiger partial charge in [-0.1, -0.05) is 0 Å². The monoisotopic (exact) mass is 274 g/mol. The summed E-state index contributed by atoms with van der Waals surface area (Å²) in [5, 5.41) is 3.69. The van der Waals surface area contributed by atoms with E-state index in [9.17, 15) is 0 Å². The largest absolute Gasteiger partial charge is 0.490 e. The molecule has 0 aromatic carbocycles. The number of anilines is 2. The summed E-state index contributed by atoms with van der Waals surface area (Å²) in [4.78, 5) is 8.37. The van der Waals surface area contributed by atoms with E-state index >= 15 is 0 Å². The summed E-state index contributed by atoms with van der Waals surface area (Å²) in [6, 6.07) is 0. The lowest BCUT2D eigenvalue weighted by Crippen LogP contribution is -2.54. The van der Waals surface area contributed by atoms with Gasteiger partial charge in [-0.3, -0.25) is 0 Å². The van der Waals surface area contributed by atoms with Gasteiger partial charge in [-0.25, -0.2) is 9.97 Å². The fraction of sp³-hybridized carbons (Fsp3) is 0.733. The van der Waals surface area contributed by atoms with Crippen LogP contribution in [-0.4, -0.2) is 22.6 Å². The van der Waals surface area contributed by atoms with Crippen molar-refractivity contribution in [3.8, 4) is 5.75 Å². The van der Waals surface area contributed by atoms with Crippen molar-refractivity contribution in [2.24, 2.45) is 17.8 Å². The molecule has 0 saturated heterocycles. The molecule has 20 heavy (non-hydrogen) atoms. The minimum absolute atomic E-state index is 0.211. The molecular formula is C15H22N4O. The summed E-state index contributed by atoms with van der Waals surface area (Å²) >= 11 is 0. The van der Waals surface area contributed by atoms with E-state index < -0.39 is 0 Å². The first kappa shape index (κ1) is 12.2. The zero-order valence-electron chi connectivity index (χ0n) is 11.9. The van der Waals surface area contributed by atoms with Gasteiger partial charge in [-0.15, -0.1) is 0 Å². The maximum absolute atomic E-state index is 5.88. The van der Waals surface area contributed by atoms with E-state index in [1.54, 1.807) is 7.11 Å². The van der Waals surface area contributed by atoms with Crippen molar-refractivity contribution in [3.63, 3.8) is 0 Å². The minimum Gasteiger partial charge on any atom is -0.490 e. The van der Waals surface area contributed by atoms with E-state index in [0.29, 0.717) is 11.6 Å². The Labute approximate surface area is 119 Å². The van der Waals surface area contributed by atoms with Crippen LogP contribution in [0, 0.1) is 17.8 Å². The molecule has 0 unspecified atom stereocenters. The maximum Gasteiger partial charge on any atom is 0.203 e. The molecule has 4 fully saturated rings. The van der Waals surface area contributed by atoms with Gasteiger partial charge in [0.2, 0.25) is 5.75 Å². The Bertz CT molecular complexity index is 495. The molecule has 1 aromatic heterocycles. The molecule has 0 spiro atoms. The Morgan fingerprint density at radius 2 is 1.75 bits per heavy atom. The van der Waals surface area contributed by atoms with Crippen LogP contribution in [0.15, 0.2) is 6.33 Å². The van der Waals surface area contributed by atoms with E-state index in [1.807, 2.05) is 0 Å². The van der Waals surface area contributed by atoms with Crippen molar-refractivity contribution in [2.45, 2.75) is 44.1 Å². The molecule has 4 saturated carbocycles. The third kappa shape index (κ3) is 1.83. The van der Waals surface area contributed by atoms with Crippen LogP contribution in [0.5, 0.6) is 5.75 Å². The number of nitrogen functional groups attached to an aromatic ring is 1. The molecule has 3 N–H and O–H groups in total. The Balaban J connectivity index is 1.64. The van der Waals surface area contributed by atoms with Gasteiger partial charge in [-0.2, -0.15) is 0 Å². The van der Waals surface area contributed by atoms with Crippen LogP contribution in [0.4, 0.5) is 11.6 Å². The lowest BCUT2D eigenvalue weighted by atomic mass is 9.53. The first-order valence-electron chi connectivity index (χ1n) is 7.60. The molecule has 108 valence electrons.